The Bertz CT molecular complexity index is 1190. The molecule has 6 nitrogen and oxygen atoms in total. The van der Waals surface area contributed by atoms with E-state index >= 15 is 0 Å². The van der Waals surface area contributed by atoms with Gasteiger partial charge in [-0.2, -0.15) is 4.31 Å². The maximum absolute atomic E-state index is 13.4. The summed E-state index contributed by atoms with van der Waals surface area (Å²) in [5.74, 6) is -0.500. The van der Waals surface area contributed by atoms with E-state index < -0.39 is 15.9 Å². The van der Waals surface area contributed by atoms with Gasteiger partial charge in [0.25, 0.3) is 0 Å². The minimum Gasteiger partial charge on any atom is -0.495 e. The van der Waals surface area contributed by atoms with Gasteiger partial charge in [0.05, 0.1) is 23.6 Å². The van der Waals surface area contributed by atoms with Gasteiger partial charge in [0.1, 0.15) is 11.6 Å². The monoisotopic (exact) mass is 490 g/mol. The van der Waals surface area contributed by atoms with Gasteiger partial charge < -0.3 is 10.1 Å². The lowest BCUT2D eigenvalue weighted by Gasteiger charge is -2.22. The summed E-state index contributed by atoms with van der Waals surface area (Å²) in [5, 5.41) is 2.84. The second-order valence-electron chi connectivity index (χ2n) is 7.27. The van der Waals surface area contributed by atoms with Crippen molar-refractivity contribution in [2.45, 2.75) is 17.9 Å². The third kappa shape index (κ3) is 6.77. The zero-order valence-electron chi connectivity index (χ0n) is 18.0. The summed E-state index contributed by atoms with van der Waals surface area (Å²) in [6.07, 6.45) is 0.426. The van der Waals surface area contributed by atoms with E-state index in [1.165, 1.54) is 37.4 Å². The molecule has 0 aromatic heterocycles. The van der Waals surface area contributed by atoms with Crippen LogP contribution < -0.4 is 10.1 Å². The zero-order valence-corrected chi connectivity index (χ0v) is 19.6. The number of methoxy groups -OCH3 is 1. The molecule has 174 valence electrons. The van der Waals surface area contributed by atoms with Crippen LogP contribution in [0.3, 0.4) is 0 Å². The van der Waals surface area contributed by atoms with Crippen molar-refractivity contribution in [3.8, 4) is 5.75 Å². The number of nitrogens with one attached hydrogen (secondary N) is 1. The van der Waals surface area contributed by atoms with Crippen LogP contribution in [0.25, 0.3) is 0 Å². The van der Waals surface area contributed by atoms with Crippen molar-refractivity contribution in [2.24, 2.45) is 0 Å². The smallest absolute Gasteiger partial charge is 0.243 e. The zero-order chi connectivity index (χ0) is 23.8. The molecule has 3 aromatic rings. The summed E-state index contributed by atoms with van der Waals surface area (Å²) < 4.78 is 46.0. The van der Waals surface area contributed by atoms with Crippen LogP contribution in [0.5, 0.6) is 5.75 Å². The molecular formula is C24H24ClFN2O4S. The molecule has 33 heavy (non-hydrogen) atoms. The lowest BCUT2D eigenvalue weighted by molar-refractivity contribution is -0.121. The minimum atomic E-state index is -4.02. The Morgan fingerprint density at radius 2 is 1.73 bits per heavy atom. The van der Waals surface area contributed by atoms with Gasteiger partial charge in [-0.3, -0.25) is 4.79 Å². The molecule has 0 radical (unpaired) electrons. The van der Waals surface area contributed by atoms with Crippen LogP contribution >= 0.6 is 11.6 Å². The largest absolute Gasteiger partial charge is 0.495 e. The van der Waals surface area contributed by atoms with Crippen molar-refractivity contribution in [2.75, 3.05) is 20.2 Å². The van der Waals surface area contributed by atoms with Crippen molar-refractivity contribution >= 4 is 27.5 Å². The summed E-state index contributed by atoms with van der Waals surface area (Å²) in [4.78, 5) is 12.6. The molecule has 0 saturated heterocycles. The third-order valence-corrected chi connectivity index (χ3v) is 7.11. The van der Waals surface area contributed by atoms with Gasteiger partial charge in [0.2, 0.25) is 15.9 Å². The first-order valence-electron chi connectivity index (χ1n) is 10.2. The molecule has 0 atom stereocenters. The average Bonchev–Trinajstić information content (AvgIpc) is 2.81. The fourth-order valence-corrected chi connectivity index (χ4v) is 4.90. The highest BCUT2D eigenvalue weighted by atomic mass is 35.5. The Labute approximate surface area is 198 Å². The normalized spacial score (nSPS) is 11.4. The van der Waals surface area contributed by atoms with E-state index in [2.05, 4.69) is 5.32 Å². The molecule has 3 aromatic carbocycles. The maximum Gasteiger partial charge on any atom is 0.243 e. The number of nitrogens with zero attached hydrogens (tertiary/aromatic N) is 1. The molecule has 0 heterocycles. The molecule has 0 aliphatic carbocycles. The van der Waals surface area contributed by atoms with Gasteiger partial charge in [-0.25, -0.2) is 12.8 Å². The summed E-state index contributed by atoms with van der Waals surface area (Å²) in [6.45, 7) is -0.125. The van der Waals surface area contributed by atoms with Crippen LogP contribution in [0.1, 0.15) is 11.1 Å². The summed E-state index contributed by atoms with van der Waals surface area (Å²) in [7, 11) is -2.58. The minimum absolute atomic E-state index is 0.0345. The van der Waals surface area contributed by atoms with Crippen molar-refractivity contribution in [3.05, 3.63) is 94.8 Å². The standard InChI is InChI=1S/C24H24ClFN2O4S/c1-32-23-12-11-21(15-22(23)25)33(30,31)28(14-13-18-5-3-2-4-6-18)17-24(29)27-16-19-7-9-20(26)10-8-19/h2-12,15H,13-14,16-17H2,1H3,(H,27,29). The van der Waals surface area contributed by atoms with E-state index in [-0.39, 0.29) is 35.4 Å². The van der Waals surface area contributed by atoms with Gasteiger partial charge in [-0.15, -0.1) is 0 Å². The van der Waals surface area contributed by atoms with E-state index in [1.807, 2.05) is 30.3 Å². The number of ether oxygens (including phenoxy) is 1. The summed E-state index contributed by atoms with van der Waals surface area (Å²) in [5.41, 5.74) is 1.64. The molecule has 3 rings (SSSR count). The van der Waals surface area contributed by atoms with Crippen LogP contribution in [-0.4, -0.2) is 38.8 Å². The van der Waals surface area contributed by atoms with Gasteiger partial charge in [-0.05, 0) is 47.9 Å². The number of carbonyl (C=O) groups is 1. The first-order valence-corrected chi connectivity index (χ1v) is 12.0. The number of carbonyl (C=O) groups excluding carboxylic acids is 1. The summed E-state index contributed by atoms with van der Waals surface area (Å²) in [6, 6.07) is 19.3. The Kier molecular flexibility index (Phi) is 8.43. The van der Waals surface area contributed by atoms with E-state index in [1.54, 1.807) is 12.1 Å². The third-order valence-electron chi connectivity index (χ3n) is 4.98. The molecule has 1 N–H and O–H groups in total. The lowest BCUT2D eigenvalue weighted by atomic mass is 10.1. The number of sulfonamides is 1. The number of amides is 1. The molecule has 0 unspecified atom stereocenters. The topological polar surface area (TPSA) is 75.7 Å². The van der Waals surface area contributed by atoms with Crippen LogP contribution in [0.4, 0.5) is 4.39 Å². The Morgan fingerprint density at radius 3 is 2.36 bits per heavy atom. The highest BCUT2D eigenvalue weighted by Gasteiger charge is 2.27. The molecule has 0 bridgehead atoms. The maximum atomic E-state index is 13.4. The average molecular weight is 491 g/mol. The fraction of sp³-hybridized carbons (Fsp3) is 0.208. The predicted molar refractivity (Wildman–Crippen MR) is 125 cm³/mol. The van der Waals surface area contributed by atoms with Gasteiger partial charge in [-0.1, -0.05) is 54.1 Å². The predicted octanol–water partition coefficient (Wildman–Crippen LogP) is 4.04. The molecule has 0 fully saturated rings. The van der Waals surface area contributed by atoms with Gasteiger partial charge in [0, 0.05) is 13.1 Å². The second-order valence-corrected chi connectivity index (χ2v) is 9.62. The molecule has 0 aliphatic heterocycles. The van der Waals surface area contributed by atoms with Gasteiger partial charge in [0.15, 0.2) is 0 Å². The van der Waals surface area contributed by atoms with Crippen molar-refractivity contribution in [3.63, 3.8) is 0 Å². The Hall–Kier alpha value is -2.94. The quantitative estimate of drug-likeness (QED) is 0.465. The number of halogens is 2. The first-order chi connectivity index (χ1) is 15.8. The fourth-order valence-electron chi connectivity index (χ4n) is 3.16. The molecule has 0 spiro atoms. The van der Waals surface area contributed by atoms with Crippen molar-refractivity contribution < 1.29 is 22.3 Å². The molecular weight excluding hydrogens is 467 g/mol. The molecule has 9 heteroatoms. The SMILES string of the molecule is COc1ccc(S(=O)(=O)N(CCc2ccccc2)CC(=O)NCc2ccc(F)cc2)cc1Cl. The molecule has 0 aliphatic rings. The molecule has 1 amide bonds. The lowest BCUT2D eigenvalue weighted by Crippen LogP contribution is -2.41. The van der Waals surface area contributed by atoms with Gasteiger partial charge >= 0.3 is 0 Å². The molecule has 0 saturated carbocycles. The Balaban J connectivity index is 1.77. The van der Waals surface area contributed by atoms with Crippen LogP contribution in [0.15, 0.2) is 77.7 Å². The Morgan fingerprint density at radius 1 is 1.03 bits per heavy atom. The number of benzene rings is 3. The second kappa shape index (κ2) is 11.3. The van der Waals surface area contributed by atoms with Crippen molar-refractivity contribution in [1.29, 1.82) is 0 Å². The van der Waals surface area contributed by atoms with E-state index in [4.69, 9.17) is 16.3 Å². The van der Waals surface area contributed by atoms with E-state index in [9.17, 15) is 17.6 Å². The summed E-state index contributed by atoms with van der Waals surface area (Å²) >= 11 is 6.13. The highest BCUT2D eigenvalue weighted by molar-refractivity contribution is 7.89. The highest BCUT2D eigenvalue weighted by Crippen LogP contribution is 2.28. The van der Waals surface area contributed by atoms with Crippen molar-refractivity contribution in [1.82, 2.24) is 9.62 Å². The van der Waals surface area contributed by atoms with E-state index in [0.29, 0.717) is 17.7 Å². The first kappa shape index (κ1) is 24.7. The van der Waals surface area contributed by atoms with Crippen LogP contribution in [-0.2, 0) is 27.8 Å². The van der Waals surface area contributed by atoms with E-state index in [0.717, 1.165) is 9.87 Å². The number of rotatable bonds is 10. The van der Waals surface area contributed by atoms with Crippen LogP contribution in [0.2, 0.25) is 5.02 Å². The number of hydrogen-bond donors (Lipinski definition) is 1. The number of hydrogen-bond acceptors (Lipinski definition) is 4. The van der Waals surface area contributed by atoms with Crippen LogP contribution in [0, 0.1) is 5.82 Å².